The zero-order valence-corrected chi connectivity index (χ0v) is 6.77. The van der Waals surface area contributed by atoms with Crippen molar-refractivity contribution in [1.29, 1.82) is 0 Å². The first-order valence-electron chi connectivity index (χ1n) is 4.30. The van der Waals surface area contributed by atoms with E-state index in [0.717, 1.165) is 24.9 Å². The van der Waals surface area contributed by atoms with Crippen LogP contribution in [0.15, 0.2) is 0 Å². The molecule has 2 heteroatoms. The van der Waals surface area contributed by atoms with Gasteiger partial charge in [0.15, 0.2) is 0 Å². The van der Waals surface area contributed by atoms with Crippen LogP contribution >= 0.6 is 0 Å². The lowest BCUT2D eigenvalue weighted by atomic mass is 10.0. The minimum Gasteiger partial charge on any atom is -0.330 e. The molecule has 1 aliphatic rings. The third kappa shape index (κ3) is 1.96. The summed E-state index contributed by atoms with van der Waals surface area (Å²) in [6, 6.07) is 0.718. The van der Waals surface area contributed by atoms with E-state index in [0.29, 0.717) is 0 Å². The van der Waals surface area contributed by atoms with E-state index in [-0.39, 0.29) is 0 Å². The zero-order valence-electron chi connectivity index (χ0n) is 6.77. The van der Waals surface area contributed by atoms with Gasteiger partial charge in [-0.05, 0) is 31.8 Å². The topological polar surface area (TPSA) is 38.0 Å². The van der Waals surface area contributed by atoms with Gasteiger partial charge in [-0.3, -0.25) is 0 Å². The monoisotopic (exact) mass is 142 g/mol. The summed E-state index contributed by atoms with van der Waals surface area (Å²) < 4.78 is 0. The summed E-state index contributed by atoms with van der Waals surface area (Å²) in [7, 11) is 0. The molecule has 3 N–H and O–H groups in total. The number of hydrogen-bond donors (Lipinski definition) is 2. The van der Waals surface area contributed by atoms with Crippen molar-refractivity contribution in [2.45, 2.75) is 32.2 Å². The molecule has 60 valence electrons. The maximum Gasteiger partial charge on any atom is 0.00822 e. The molecular weight excluding hydrogens is 124 g/mol. The summed E-state index contributed by atoms with van der Waals surface area (Å²) >= 11 is 0. The van der Waals surface area contributed by atoms with Crippen LogP contribution < -0.4 is 11.1 Å². The summed E-state index contributed by atoms with van der Waals surface area (Å²) in [6.45, 7) is 4.30. The molecule has 10 heavy (non-hydrogen) atoms. The van der Waals surface area contributed by atoms with E-state index in [9.17, 15) is 0 Å². The second-order valence-electron chi connectivity index (χ2n) is 3.19. The minimum absolute atomic E-state index is 0.718. The maximum atomic E-state index is 5.46. The van der Waals surface area contributed by atoms with Gasteiger partial charge >= 0.3 is 0 Å². The van der Waals surface area contributed by atoms with Crippen molar-refractivity contribution >= 4 is 0 Å². The first kappa shape index (κ1) is 8.02. The smallest absolute Gasteiger partial charge is 0.00822 e. The molecule has 0 aromatic rings. The van der Waals surface area contributed by atoms with Crippen molar-refractivity contribution in [3.63, 3.8) is 0 Å². The first-order chi connectivity index (χ1) is 4.86. The van der Waals surface area contributed by atoms with Crippen LogP contribution in [-0.4, -0.2) is 19.1 Å². The molecule has 0 aromatic carbocycles. The summed E-state index contributed by atoms with van der Waals surface area (Å²) in [4.78, 5) is 0. The Labute approximate surface area is 63.2 Å². The number of hydrogen-bond acceptors (Lipinski definition) is 2. The average molecular weight is 142 g/mol. The van der Waals surface area contributed by atoms with Crippen molar-refractivity contribution < 1.29 is 0 Å². The molecular formula is C8H18N2. The van der Waals surface area contributed by atoms with E-state index in [2.05, 4.69) is 12.2 Å². The van der Waals surface area contributed by atoms with Crippen molar-refractivity contribution in [1.82, 2.24) is 5.32 Å². The van der Waals surface area contributed by atoms with Crippen LogP contribution in [0.4, 0.5) is 0 Å². The Morgan fingerprint density at radius 1 is 1.60 bits per heavy atom. The van der Waals surface area contributed by atoms with Gasteiger partial charge in [-0.2, -0.15) is 0 Å². The summed E-state index contributed by atoms with van der Waals surface area (Å²) in [5, 5.41) is 3.48. The molecule has 0 unspecified atom stereocenters. The maximum absolute atomic E-state index is 5.46. The second-order valence-corrected chi connectivity index (χ2v) is 3.19. The molecule has 0 bridgehead atoms. The summed E-state index contributed by atoms with van der Waals surface area (Å²) in [6.07, 6.45) is 3.80. The van der Waals surface area contributed by atoms with Crippen LogP contribution in [0.3, 0.4) is 0 Å². The molecule has 0 amide bonds. The molecule has 1 rings (SSSR count). The van der Waals surface area contributed by atoms with Gasteiger partial charge in [0.2, 0.25) is 0 Å². The third-order valence-electron chi connectivity index (χ3n) is 2.41. The predicted molar refractivity (Wildman–Crippen MR) is 43.9 cm³/mol. The lowest BCUT2D eigenvalue weighted by Crippen LogP contribution is -2.24. The highest BCUT2D eigenvalue weighted by Gasteiger charge is 2.21. The Balaban J connectivity index is 2.15. The van der Waals surface area contributed by atoms with Gasteiger partial charge in [0.1, 0.15) is 0 Å². The Hall–Kier alpha value is -0.0800. The van der Waals surface area contributed by atoms with E-state index in [1.165, 1.54) is 19.4 Å². The SMILES string of the molecule is CC[C@H]1CN[C@H](CCN)C1. The molecule has 2 atom stereocenters. The van der Waals surface area contributed by atoms with Gasteiger partial charge in [0.05, 0.1) is 0 Å². The molecule has 1 fully saturated rings. The lowest BCUT2D eigenvalue weighted by molar-refractivity contribution is 0.522. The molecule has 0 radical (unpaired) electrons. The fourth-order valence-corrected chi connectivity index (χ4v) is 1.63. The number of nitrogens with one attached hydrogen (secondary N) is 1. The van der Waals surface area contributed by atoms with Crippen LogP contribution in [0.2, 0.25) is 0 Å². The van der Waals surface area contributed by atoms with Gasteiger partial charge in [0, 0.05) is 6.04 Å². The van der Waals surface area contributed by atoms with E-state index in [1.54, 1.807) is 0 Å². The summed E-state index contributed by atoms with van der Waals surface area (Å²) in [5.74, 6) is 0.913. The van der Waals surface area contributed by atoms with Crippen molar-refractivity contribution in [2.24, 2.45) is 11.7 Å². The highest BCUT2D eigenvalue weighted by molar-refractivity contribution is 4.80. The van der Waals surface area contributed by atoms with Gasteiger partial charge in [-0.1, -0.05) is 13.3 Å². The van der Waals surface area contributed by atoms with Gasteiger partial charge in [0.25, 0.3) is 0 Å². The fraction of sp³-hybridized carbons (Fsp3) is 1.00. The molecule has 1 saturated heterocycles. The van der Waals surface area contributed by atoms with Crippen LogP contribution in [0.1, 0.15) is 26.2 Å². The van der Waals surface area contributed by atoms with Gasteiger partial charge in [-0.15, -0.1) is 0 Å². The van der Waals surface area contributed by atoms with Crippen LogP contribution in [-0.2, 0) is 0 Å². The standard InChI is InChI=1S/C8H18N2/c1-2-7-5-8(3-4-9)10-6-7/h7-8,10H,2-6,9H2,1H3/t7-,8-/m1/s1. The summed E-state index contributed by atoms with van der Waals surface area (Å²) in [5.41, 5.74) is 5.46. The quantitative estimate of drug-likeness (QED) is 0.609. The van der Waals surface area contributed by atoms with Crippen molar-refractivity contribution in [3.8, 4) is 0 Å². The number of rotatable bonds is 3. The molecule has 2 nitrogen and oxygen atoms in total. The van der Waals surface area contributed by atoms with Crippen molar-refractivity contribution in [2.75, 3.05) is 13.1 Å². The second kappa shape index (κ2) is 3.94. The predicted octanol–water partition coefficient (Wildman–Crippen LogP) is 0.723. The fourth-order valence-electron chi connectivity index (χ4n) is 1.63. The van der Waals surface area contributed by atoms with E-state index < -0.39 is 0 Å². The van der Waals surface area contributed by atoms with Crippen LogP contribution in [0.5, 0.6) is 0 Å². The Kier molecular flexibility index (Phi) is 3.16. The molecule has 0 aromatic heterocycles. The molecule has 0 spiro atoms. The largest absolute Gasteiger partial charge is 0.330 e. The first-order valence-corrected chi connectivity index (χ1v) is 4.30. The Morgan fingerprint density at radius 2 is 2.40 bits per heavy atom. The van der Waals surface area contributed by atoms with Gasteiger partial charge in [-0.25, -0.2) is 0 Å². The average Bonchev–Trinajstić information content (AvgIpc) is 2.37. The van der Waals surface area contributed by atoms with Gasteiger partial charge < -0.3 is 11.1 Å². The number of nitrogens with two attached hydrogens (primary N) is 1. The highest BCUT2D eigenvalue weighted by atomic mass is 14.9. The van der Waals surface area contributed by atoms with Crippen LogP contribution in [0.25, 0.3) is 0 Å². The van der Waals surface area contributed by atoms with E-state index in [1.807, 2.05) is 0 Å². The molecule has 1 heterocycles. The van der Waals surface area contributed by atoms with E-state index in [4.69, 9.17) is 5.73 Å². The highest BCUT2D eigenvalue weighted by Crippen LogP contribution is 2.18. The normalized spacial score (nSPS) is 33.0. The minimum atomic E-state index is 0.718. The van der Waals surface area contributed by atoms with E-state index >= 15 is 0 Å². The van der Waals surface area contributed by atoms with Crippen molar-refractivity contribution in [3.05, 3.63) is 0 Å². The molecule has 0 aliphatic carbocycles. The molecule has 0 saturated carbocycles. The molecule has 1 aliphatic heterocycles. The third-order valence-corrected chi connectivity index (χ3v) is 2.41. The lowest BCUT2D eigenvalue weighted by Gasteiger charge is -2.06. The van der Waals surface area contributed by atoms with Crippen LogP contribution in [0, 0.1) is 5.92 Å². The Bertz CT molecular complexity index is 93.3. The Morgan fingerprint density at radius 3 is 2.90 bits per heavy atom. The zero-order chi connectivity index (χ0) is 7.40.